The third-order valence-corrected chi connectivity index (χ3v) is 8.21. The maximum atomic E-state index is 11.9. The Kier molecular flexibility index (Phi) is 8.14. The van der Waals surface area contributed by atoms with E-state index in [4.69, 9.17) is 4.18 Å². The maximum Gasteiger partial charge on any atom is 0.248 e. The fourth-order valence-corrected chi connectivity index (χ4v) is 4.64. The van der Waals surface area contributed by atoms with Gasteiger partial charge in [-0.1, -0.05) is 30.3 Å². The van der Waals surface area contributed by atoms with Crippen LogP contribution in [0.15, 0.2) is 53.3 Å². The Morgan fingerprint density at radius 3 is 2.44 bits per heavy atom. The third-order valence-electron chi connectivity index (χ3n) is 5.96. The number of rotatable bonds is 9. The van der Waals surface area contributed by atoms with Gasteiger partial charge in [0.15, 0.2) is 10.9 Å². The lowest BCUT2D eigenvalue weighted by Crippen LogP contribution is -2.44. The van der Waals surface area contributed by atoms with E-state index in [1.807, 2.05) is 24.3 Å². The monoisotopic (exact) mass is 485 g/mol. The highest BCUT2D eigenvalue weighted by Gasteiger charge is 2.36. The van der Waals surface area contributed by atoms with Gasteiger partial charge >= 0.3 is 0 Å². The number of aromatic amines is 1. The fraction of sp³-hybridized carbons (Fsp3) is 0.444. The smallest absolute Gasteiger partial charge is 0.248 e. The summed E-state index contributed by atoms with van der Waals surface area (Å²) in [6, 6.07) is 14.7. The summed E-state index contributed by atoms with van der Waals surface area (Å²) in [7, 11) is 0. The van der Waals surface area contributed by atoms with E-state index in [1.165, 1.54) is 6.07 Å². The number of H-pyrrole nitrogens is 1. The van der Waals surface area contributed by atoms with Crippen molar-refractivity contribution in [3.05, 3.63) is 75.6 Å². The molecule has 1 aromatic heterocycles. The highest BCUT2D eigenvalue weighted by atomic mass is 32.2. The standard InChI is InChI=1S/C27H36N2O4S/c1-26(2,3)34(6)33-23(20-10-12-22(31)25-21(20)11-13-24(32)29-25)16-28-27(4,5)15-18-8-7-9-19(14-18)17-30/h7-14,23,28,30H,15-17H2,1-6H3,(H-,29,31,32)/p+1/t23-,34?/m0/s1. The molecule has 0 radical (unpaired) electrons. The van der Waals surface area contributed by atoms with Crippen LogP contribution in [0.2, 0.25) is 0 Å². The normalized spacial score (nSPS) is 14.3. The van der Waals surface area contributed by atoms with Gasteiger partial charge in [0.1, 0.15) is 23.2 Å². The van der Waals surface area contributed by atoms with Gasteiger partial charge in [0.2, 0.25) is 5.56 Å². The molecule has 34 heavy (non-hydrogen) atoms. The molecule has 2 atom stereocenters. The highest BCUT2D eigenvalue weighted by molar-refractivity contribution is 7.93. The molecule has 0 fully saturated rings. The zero-order chi connectivity index (χ0) is 25.1. The number of hydrogen-bond acceptors (Lipinski definition) is 5. The van der Waals surface area contributed by atoms with Crippen LogP contribution in [0.25, 0.3) is 10.9 Å². The van der Waals surface area contributed by atoms with Crippen molar-refractivity contribution < 1.29 is 14.4 Å². The molecule has 6 nitrogen and oxygen atoms in total. The minimum Gasteiger partial charge on any atom is -0.506 e. The summed E-state index contributed by atoms with van der Waals surface area (Å²) in [6.07, 6.45) is 2.60. The lowest BCUT2D eigenvalue weighted by molar-refractivity contribution is 0.209. The van der Waals surface area contributed by atoms with Crippen LogP contribution in [-0.2, 0) is 28.4 Å². The number of aliphatic hydroxyl groups is 1. The van der Waals surface area contributed by atoms with Crippen molar-refractivity contribution in [1.82, 2.24) is 10.3 Å². The Hall–Kier alpha value is -2.32. The Balaban J connectivity index is 1.90. The van der Waals surface area contributed by atoms with E-state index in [9.17, 15) is 15.0 Å². The lowest BCUT2D eigenvalue weighted by atomic mass is 9.93. The van der Waals surface area contributed by atoms with E-state index in [0.29, 0.717) is 12.1 Å². The summed E-state index contributed by atoms with van der Waals surface area (Å²) < 4.78 is 6.59. The molecule has 3 aromatic rings. The van der Waals surface area contributed by atoms with Crippen molar-refractivity contribution >= 4 is 22.1 Å². The minimum atomic E-state index is -0.343. The van der Waals surface area contributed by atoms with Crippen molar-refractivity contribution in [3.8, 4) is 5.75 Å². The lowest BCUT2D eigenvalue weighted by Gasteiger charge is -2.30. The first-order chi connectivity index (χ1) is 15.9. The molecular formula is C27H37N2O4S+. The van der Waals surface area contributed by atoms with Gasteiger partial charge in [0.05, 0.1) is 12.1 Å². The van der Waals surface area contributed by atoms with Crippen molar-refractivity contribution in [2.45, 2.75) is 64.0 Å². The second kappa shape index (κ2) is 10.5. The number of pyridine rings is 1. The number of aromatic nitrogens is 1. The summed E-state index contributed by atoms with van der Waals surface area (Å²) in [6.45, 7) is 11.4. The molecule has 0 aliphatic carbocycles. The average molecular weight is 486 g/mol. The third kappa shape index (κ3) is 6.63. The van der Waals surface area contributed by atoms with Crippen LogP contribution in [0.1, 0.15) is 57.4 Å². The second-order valence-corrected chi connectivity index (χ2v) is 12.7. The molecule has 2 aromatic carbocycles. The summed E-state index contributed by atoms with van der Waals surface area (Å²) in [4.78, 5) is 14.6. The van der Waals surface area contributed by atoms with Crippen molar-refractivity contribution in [1.29, 1.82) is 0 Å². The number of aromatic hydroxyl groups is 1. The van der Waals surface area contributed by atoms with Crippen LogP contribution in [0, 0.1) is 0 Å². The van der Waals surface area contributed by atoms with Gasteiger partial charge in [-0.3, -0.25) is 4.79 Å². The number of phenols is 1. The minimum absolute atomic E-state index is 0.0270. The molecule has 3 rings (SSSR count). The van der Waals surface area contributed by atoms with E-state index in [0.717, 1.165) is 28.5 Å². The van der Waals surface area contributed by atoms with E-state index >= 15 is 0 Å². The fourth-order valence-electron chi connectivity index (χ4n) is 3.83. The Bertz CT molecular complexity index is 1180. The molecule has 1 unspecified atom stereocenters. The van der Waals surface area contributed by atoms with E-state index in [2.05, 4.69) is 57.2 Å². The first-order valence-corrected chi connectivity index (χ1v) is 13.1. The molecule has 7 heteroatoms. The number of fused-ring (bicyclic) bond motifs is 1. The predicted octanol–water partition coefficient (Wildman–Crippen LogP) is 4.36. The molecule has 0 spiro atoms. The number of aliphatic hydroxyl groups excluding tert-OH is 1. The van der Waals surface area contributed by atoms with Gasteiger partial charge in [0.25, 0.3) is 0 Å². The molecule has 184 valence electrons. The first-order valence-electron chi connectivity index (χ1n) is 11.5. The second-order valence-electron chi connectivity index (χ2n) is 10.4. The zero-order valence-corrected chi connectivity index (χ0v) is 21.8. The van der Waals surface area contributed by atoms with Crippen LogP contribution in [0.5, 0.6) is 5.75 Å². The van der Waals surface area contributed by atoms with Crippen LogP contribution in [-0.4, -0.2) is 38.3 Å². The summed E-state index contributed by atoms with van der Waals surface area (Å²) in [5, 5.41) is 24.2. The van der Waals surface area contributed by atoms with Gasteiger partial charge in [-0.25, -0.2) is 0 Å². The van der Waals surface area contributed by atoms with Crippen LogP contribution < -0.4 is 10.9 Å². The number of hydrogen-bond donors (Lipinski definition) is 4. The van der Waals surface area contributed by atoms with Gasteiger partial charge in [-0.2, -0.15) is 4.18 Å². The van der Waals surface area contributed by atoms with E-state index in [1.54, 1.807) is 12.1 Å². The molecule has 1 heterocycles. The predicted molar refractivity (Wildman–Crippen MR) is 141 cm³/mol. The molecule has 0 bridgehead atoms. The topological polar surface area (TPSA) is 94.6 Å². The summed E-state index contributed by atoms with van der Waals surface area (Å²) >= 11 is -0.343. The van der Waals surface area contributed by atoms with E-state index < -0.39 is 0 Å². The maximum absolute atomic E-state index is 11.9. The molecule has 0 saturated heterocycles. The van der Waals surface area contributed by atoms with Gasteiger partial charge < -0.3 is 20.5 Å². The van der Waals surface area contributed by atoms with Crippen molar-refractivity contribution in [2.75, 3.05) is 12.8 Å². The van der Waals surface area contributed by atoms with E-state index in [-0.39, 0.29) is 45.5 Å². The van der Waals surface area contributed by atoms with Crippen LogP contribution >= 0.6 is 0 Å². The Morgan fingerprint density at radius 1 is 1.06 bits per heavy atom. The van der Waals surface area contributed by atoms with Gasteiger partial charge in [0, 0.05) is 23.5 Å². The molecule has 4 N–H and O–H groups in total. The molecular weight excluding hydrogens is 448 g/mol. The van der Waals surface area contributed by atoms with Crippen LogP contribution in [0.4, 0.5) is 0 Å². The van der Waals surface area contributed by atoms with Crippen LogP contribution in [0.3, 0.4) is 0 Å². The average Bonchev–Trinajstić information content (AvgIpc) is 2.76. The van der Waals surface area contributed by atoms with Crippen molar-refractivity contribution in [3.63, 3.8) is 0 Å². The van der Waals surface area contributed by atoms with Gasteiger partial charge in [-0.05, 0) is 69.9 Å². The van der Waals surface area contributed by atoms with Crippen molar-refractivity contribution in [2.24, 2.45) is 0 Å². The molecule has 0 saturated carbocycles. The SMILES string of the molecule is C[S+](O[C@@H](CNC(C)(C)Cc1cccc(CO)c1)c1ccc(O)c2[nH]c(=O)ccc12)C(C)(C)C. The molecule has 0 aliphatic heterocycles. The number of nitrogens with one attached hydrogen (secondary N) is 2. The highest BCUT2D eigenvalue weighted by Crippen LogP contribution is 2.33. The molecule has 0 amide bonds. The zero-order valence-electron chi connectivity index (χ0n) is 20.9. The Morgan fingerprint density at radius 2 is 1.76 bits per heavy atom. The number of phenolic OH excluding ortho intramolecular Hbond substituents is 1. The summed E-state index contributed by atoms with van der Waals surface area (Å²) in [5.41, 5.74) is 2.90. The summed E-state index contributed by atoms with van der Waals surface area (Å²) in [5.74, 6) is 0.0403. The Labute approximate surface area is 204 Å². The quantitative estimate of drug-likeness (QED) is 0.338. The molecule has 0 aliphatic rings. The largest absolute Gasteiger partial charge is 0.506 e. The first kappa shape index (κ1) is 26.3. The van der Waals surface area contributed by atoms with Gasteiger partial charge in [-0.15, -0.1) is 0 Å². The number of benzene rings is 2.